The molecule has 1 N–H and O–H groups in total. The summed E-state index contributed by atoms with van der Waals surface area (Å²) in [6, 6.07) is 19.9. The van der Waals surface area contributed by atoms with Gasteiger partial charge in [0.05, 0.1) is 16.1 Å². The van der Waals surface area contributed by atoms with Crippen LogP contribution >= 0.6 is 23.5 Å². The molecular formula is C25H19N3O2S2. The first-order valence-corrected chi connectivity index (χ1v) is 11.7. The molecule has 32 heavy (non-hydrogen) atoms. The van der Waals surface area contributed by atoms with Gasteiger partial charge >= 0.3 is 0 Å². The average Bonchev–Trinajstić information content (AvgIpc) is 3.37. The zero-order valence-corrected chi connectivity index (χ0v) is 19.1. The lowest BCUT2D eigenvalue weighted by molar-refractivity contribution is -0.115. The molecule has 5 nitrogen and oxygen atoms in total. The molecule has 7 heteroatoms. The van der Waals surface area contributed by atoms with E-state index in [9.17, 15) is 4.79 Å². The summed E-state index contributed by atoms with van der Waals surface area (Å²) in [5, 5.41) is 5.23. The van der Waals surface area contributed by atoms with Gasteiger partial charge in [-0.15, -0.1) is 0 Å². The Balaban J connectivity index is 1.35. The zero-order valence-electron chi connectivity index (χ0n) is 17.5. The van der Waals surface area contributed by atoms with Gasteiger partial charge in [0, 0.05) is 22.6 Å². The summed E-state index contributed by atoms with van der Waals surface area (Å²) in [4.78, 5) is 23.1. The first kappa shape index (κ1) is 20.6. The van der Waals surface area contributed by atoms with E-state index in [0.717, 1.165) is 37.7 Å². The molecule has 1 aliphatic heterocycles. The van der Waals surface area contributed by atoms with Gasteiger partial charge in [0.25, 0.3) is 5.91 Å². The first-order valence-electron chi connectivity index (χ1n) is 10.0. The average molecular weight is 458 g/mol. The van der Waals surface area contributed by atoms with Crippen LogP contribution in [0.4, 0.5) is 5.69 Å². The molecule has 1 amide bonds. The van der Waals surface area contributed by atoms with Crippen molar-refractivity contribution in [1.82, 2.24) is 10.3 Å². The van der Waals surface area contributed by atoms with Crippen LogP contribution in [0.2, 0.25) is 0 Å². The van der Waals surface area contributed by atoms with E-state index >= 15 is 0 Å². The Morgan fingerprint density at radius 1 is 1.09 bits per heavy atom. The van der Waals surface area contributed by atoms with Crippen LogP contribution in [0, 0.1) is 13.8 Å². The number of carbonyl (C=O) groups is 1. The highest BCUT2D eigenvalue weighted by Gasteiger charge is 2.24. The summed E-state index contributed by atoms with van der Waals surface area (Å²) in [5.41, 5.74) is 3.98. The molecule has 0 saturated carbocycles. The first-order chi connectivity index (χ1) is 15.5. The van der Waals surface area contributed by atoms with Gasteiger partial charge in [-0.1, -0.05) is 30.3 Å². The van der Waals surface area contributed by atoms with Crippen molar-refractivity contribution in [2.75, 3.05) is 0 Å². The van der Waals surface area contributed by atoms with Crippen LogP contribution in [-0.4, -0.2) is 16.1 Å². The molecule has 2 aromatic heterocycles. The van der Waals surface area contributed by atoms with E-state index in [4.69, 9.17) is 4.42 Å². The van der Waals surface area contributed by atoms with E-state index in [-0.39, 0.29) is 5.91 Å². The molecule has 4 aromatic rings. The van der Waals surface area contributed by atoms with Crippen molar-refractivity contribution in [2.45, 2.75) is 23.8 Å². The number of amides is 1. The van der Waals surface area contributed by atoms with Gasteiger partial charge in [0.2, 0.25) is 0 Å². The van der Waals surface area contributed by atoms with Crippen LogP contribution in [0.3, 0.4) is 0 Å². The van der Waals surface area contributed by atoms with Gasteiger partial charge in [-0.25, -0.2) is 4.99 Å². The lowest BCUT2D eigenvalue weighted by Crippen LogP contribution is -2.19. The Morgan fingerprint density at radius 2 is 1.97 bits per heavy atom. The molecule has 0 unspecified atom stereocenters. The fourth-order valence-corrected chi connectivity index (χ4v) is 5.01. The molecule has 0 radical (unpaired) electrons. The number of thioether (sulfide) groups is 1. The predicted octanol–water partition coefficient (Wildman–Crippen LogP) is 6.49. The molecule has 5 rings (SSSR count). The fraction of sp³-hybridized carbons (Fsp3) is 0.0800. The van der Waals surface area contributed by atoms with Gasteiger partial charge in [-0.05, 0) is 78.8 Å². The Morgan fingerprint density at radius 3 is 2.88 bits per heavy atom. The Kier molecular flexibility index (Phi) is 5.59. The number of amidine groups is 1. The van der Waals surface area contributed by atoms with E-state index < -0.39 is 0 Å². The summed E-state index contributed by atoms with van der Waals surface area (Å²) in [7, 11) is 0. The quantitative estimate of drug-likeness (QED) is 0.355. The van der Waals surface area contributed by atoms with Crippen molar-refractivity contribution in [3.8, 4) is 0 Å². The highest BCUT2D eigenvalue weighted by molar-refractivity contribution is 8.18. The second-order valence-corrected chi connectivity index (χ2v) is 9.44. The van der Waals surface area contributed by atoms with E-state index in [1.807, 2.05) is 74.5 Å². The van der Waals surface area contributed by atoms with Crippen LogP contribution in [0.15, 0.2) is 91.2 Å². The van der Waals surface area contributed by atoms with E-state index in [1.54, 1.807) is 12.3 Å². The minimum atomic E-state index is -0.178. The number of carbonyl (C=O) groups excluding carboxylic acids is 1. The fourth-order valence-electron chi connectivity index (χ4n) is 3.29. The number of aryl methyl sites for hydroxylation is 2. The molecule has 1 aliphatic rings. The Labute approximate surface area is 194 Å². The number of benzene rings is 2. The van der Waals surface area contributed by atoms with Crippen LogP contribution < -0.4 is 5.32 Å². The van der Waals surface area contributed by atoms with Gasteiger partial charge < -0.3 is 9.73 Å². The SMILES string of the molecule is Cc1ccc(C)c(N=C2NC(=O)/C(=C/c3ccc(Sc4cccc5cccnc45)o3)S2)c1. The molecule has 0 spiro atoms. The Hall–Kier alpha value is -3.29. The molecule has 1 fully saturated rings. The second-order valence-electron chi connectivity index (χ2n) is 7.36. The predicted molar refractivity (Wildman–Crippen MR) is 131 cm³/mol. The van der Waals surface area contributed by atoms with Gasteiger partial charge in [-0.2, -0.15) is 0 Å². The smallest absolute Gasteiger partial charge is 0.264 e. The number of aromatic nitrogens is 1. The zero-order chi connectivity index (χ0) is 22.1. The molecule has 3 heterocycles. The molecule has 0 bridgehead atoms. The maximum absolute atomic E-state index is 12.4. The maximum Gasteiger partial charge on any atom is 0.264 e. The number of para-hydroxylation sites is 1. The van der Waals surface area contributed by atoms with Crippen LogP contribution in [0.1, 0.15) is 16.9 Å². The number of furan rings is 1. The van der Waals surface area contributed by atoms with Gasteiger partial charge in [-0.3, -0.25) is 9.78 Å². The van der Waals surface area contributed by atoms with Gasteiger partial charge in [0.1, 0.15) is 5.76 Å². The third-order valence-electron chi connectivity index (χ3n) is 4.92. The van der Waals surface area contributed by atoms with Crippen molar-refractivity contribution < 1.29 is 9.21 Å². The third-order valence-corrected chi connectivity index (χ3v) is 6.80. The Bertz CT molecular complexity index is 1400. The van der Waals surface area contributed by atoms with Crippen molar-refractivity contribution in [2.24, 2.45) is 4.99 Å². The monoisotopic (exact) mass is 457 g/mol. The van der Waals surface area contributed by atoms with Crippen LogP contribution in [-0.2, 0) is 4.79 Å². The number of pyridine rings is 1. The maximum atomic E-state index is 12.4. The minimum Gasteiger partial charge on any atom is -0.450 e. The number of fused-ring (bicyclic) bond motifs is 1. The van der Waals surface area contributed by atoms with Crippen molar-refractivity contribution >= 4 is 57.3 Å². The van der Waals surface area contributed by atoms with Gasteiger partial charge in [0.15, 0.2) is 10.3 Å². The van der Waals surface area contributed by atoms with E-state index in [1.165, 1.54) is 23.5 Å². The number of hydrogen-bond acceptors (Lipinski definition) is 6. The van der Waals surface area contributed by atoms with Crippen LogP contribution in [0.5, 0.6) is 0 Å². The number of rotatable bonds is 4. The highest BCUT2D eigenvalue weighted by Crippen LogP contribution is 2.35. The topological polar surface area (TPSA) is 67.5 Å². The molecule has 158 valence electrons. The summed E-state index contributed by atoms with van der Waals surface area (Å²) in [6.45, 7) is 4.03. The molecular weight excluding hydrogens is 438 g/mol. The third kappa shape index (κ3) is 4.35. The van der Waals surface area contributed by atoms with Crippen molar-refractivity contribution in [3.05, 3.63) is 88.7 Å². The lowest BCUT2D eigenvalue weighted by Gasteiger charge is -2.02. The largest absolute Gasteiger partial charge is 0.450 e. The second kappa shape index (κ2) is 8.68. The summed E-state index contributed by atoms with van der Waals surface area (Å²) in [6.07, 6.45) is 3.54. The number of nitrogens with zero attached hydrogens (tertiary/aromatic N) is 2. The lowest BCUT2D eigenvalue weighted by atomic mass is 10.1. The van der Waals surface area contributed by atoms with E-state index in [0.29, 0.717) is 15.8 Å². The number of aliphatic imine (C=N–C) groups is 1. The number of hydrogen-bond donors (Lipinski definition) is 1. The summed E-state index contributed by atoms with van der Waals surface area (Å²) < 4.78 is 5.96. The molecule has 2 aromatic carbocycles. The van der Waals surface area contributed by atoms with Crippen molar-refractivity contribution in [1.29, 1.82) is 0 Å². The minimum absolute atomic E-state index is 0.178. The molecule has 0 atom stereocenters. The van der Waals surface area contributed by atoms with E-state index in [2.05, 4.69) is 15.3 Å². The summed E-state index contributed by atoms with van der Waals surface area (Å²) in [5.74, 6) is 0.439. The highest BCUT2D eigenvalue weighted by atomic mass is 32.2. The molecule has 1 saturated heterocycles. The number of nitrogens with one attached hydrogen (secondary N) is 1. The van der Waals surface area contributed by atoms with Crippen LogP contribution in [0.25, 0.3) is 17.0 Å². The normalized spacial score (nSPS) is 16.2. The molecule has 0 aliphatic carbocycles. The summed E-state index contributed by atoms with van der Waals surface area (Å²) >= 11 is 2.82. The standard InChI is InChI=1S/C25H19N3O2S2/c1-15-8-9-16(2)19(13-15)27-25-28-24(29)21(32-25)14-18-10-11-22(30-18)31-20-7-3-5-17-6-4-12-26-23(17)20/h3-14H,1-2H3,(H,27,28,29)/b21-14-. The van der Waals surface area contributed by atoms with Crippen molar-refractivity contribution in [3.63, 3.8) is 0 Å².